The van der Waals surface area contributed by atoms with Gasteiger partial charge in [-0.3, -0.25) is 14.9 Å². The van der Waals surface area contributed by atoms with Crippen molar-refractivity contribution in [3.05, 3.63) is 36.3 Å². The molecular formula is C24H32N6. The number of nitrogens with two attached hydrogens (primary N) is 1. The predicted molar refractivity (Wildman–Crippen MR) is 124 cm³/mol. The number of likely N-dealkylation sites (tertiary alicyclic amines) is 1. The van der Waals surface area contributed by atoms with Crippen LogP contribution in [0.25, 0.3) is 16.6 Å². The van der Waals surface area contributed by atoms with Gasteiger partial charge in [0.1, 0.15) is 0 Å². The van der Waals surface area contributed by atoms with Gasteiger partial charge in [0.2, 0.25) is 0 Å². The second kappa shape index (κ2) is 7.99. The lowest BCUT2D eigenvalue weighted by Gasteiger charge is -2.33. The van der Waals surface area contributed by atoms with E-state index >= 15 is 0 Å². The molecule has 1 aromatic carbocycles. The van der Waals surface area contributed by atoms with E-state index in [0.29, 0.717) is 18.1 Å². The molecule has 0 radical (unpaired) electrons. The molecule has 0 spiro atoms. The number of hydrogen-bond donors (Lipinski definition) is 1. The van der Waals surface area contributed by atoms with E-state index in [1.54, 1.807) is 12.4 Å². The molecule has 6 nitrogen and oxygen atoms in total. The molecule has 6 heteroatoms. The van der Waals surface area contributed by atoms with Crippen molar-refractivity contribution in [3.8, 4) is 0 Å². The van der Waals surface area contributed by atoms with Gasteiger partial charge in [0.05, 0.1) is 29.0 Å². The zero-order chi connectivity index (χ0) is 20.7. The van der Waals surface area contributed by atoms with Crippen LogP contribution >= 0.6 is 0 Å². The van der Waals surface area contributed by atoms with Crippen molar-refractivity contribution in [3.63, 3.8) is 0 Å². The van der Waals surface area contributed by atoms with Crippen LogP contribution in [0.4, 0.5) is 5.69 Å². The summed E-state index contributed by atoms with van der Waals surface area (Å²) in [4.78, 5) is 19.3. The summed E-state index contributed by atoms with van der Waals surface area (Å²) in [6.45, 7) is 4.49. The van der Waals surface area contributed by atoms with Crippen LogP contribution in [0.2, 0.25) is 0 Å². The summed E-state index contributed by atoms with van der Waals surface area (Å²) in [7, 11) is 2.23. The minimum Gasteiger partial charge on any atom is -0.404 e. The average molecular weight is 405 g/mol. The third-order valence-corrected chi connectivity index (χ3v) is 7.18. The van der Waals surface area contributed by atoms with E-state index in [1.165, 1.54) is 37.8 Å². The van der Waals surface area contributed by atoms with Crippen LogP contribution in [-0.4, -0.2) is 59.3 Å². The van der Waals surface area contributed by atoms with Crippen molar-refractivity contribution in [1.82, 2.24) is 14.9 Å². The highest BCUT2D eigenvalue weighted by molar-refractivity contribution is 6.09. The molecule has 30 heavy (non-hydrogen) atoms. The number of hydrogen-bond acceptors (Lipinski definition) is 6. The second-order valence-corrected chi connectivity index (χ2v) is 9.24. The highest BCUT2D eigenvalue weighted by Crippen LogP contribution is 2.35. The molecule has 3 fully saturated rings. The Balaban J connectivity index is 1.33. The number of anilines is 1. The number of allylic oxidation sites excluding steroid dienone is 1. The van der Waals surface area contributed by atoms with Gasteiger partial charge in [0.15, 0.2) is 0 Å². The molecular weight excluding hydrogens is 372 g/mol. The van der Waals surface area contributed by atoms with Crippen molar-refractivity contribution >= 4 is 28.5 Å². The summed E-state index contributed by atoms with van der Waals surface area (Å²) >= 11 is 0. The van der Waals surface area contributed by atoms with Gasteiger partial charge in [0.25, 0.3) is 0 Å². The number of benzene rings is 1. The maximum Gasteiger partial charge on any atom is 0.0922 e. The van der Waals surface area contributed by atoms with Gasteiger partial charge in [-0.1, -0.05) is 19.8 Å². The van der Waals surface area contributed by atoms with Crippen LogP contribution in [0, 0.1) is 5.92 Å². The molecule has 2 N–H and O–H groups in total. The minimum absolute atomic E-state index is 0.431. The van der Waals surface area contributed by atoms with Gasteiger partial charge in [-0.15, -0.1) is 0 Å². The topological polar surface area (TPSA) is 70.6 Å². The van der Waals surface area contributed by atoms with E-state index in [-0.39, 0.29) is 0 Å². The van der Waals surface area contributed by atoms with E-state index in [1.807, 2.05) is 6.21 Å². The first-order valence-corrected chi connectivity index (χ1v) is 11.3. The van der Waals surface area contributed by atoms with Gasteiger partial charge in [-0.05, 0) is 50.4 Å². The van der Waals surface area contributed by atoms with E-state index in [9.17, 15) is 0 Å². The third kappa shape index (κ3) is 3.58. The number of nitrogens with zero attached hydrogens (tertiary/aromatic N) is 5. The Hall–Kier alpha value is -2.47. The highest BCUT2D eigenvalue weighted by Gasteiger charge is 2.41. The van der Waals surface area contributed by atoms with Crippen LogP contribution in [0.5, 0.6) is 0 Å². The number of aromatic nitrogens is 2. The number of likely N-dealkylation sites (N-methyl/N-ethyl adjacent to an activating group) is 1. The molecule has 2 aromatic rings. The van der Waals surface area contributed by atoms with Gasteiger partial charge in [0, 0.05) is 48.8 Å². The molecule has 0 amide bonds. The molecule has 5 rings (SSSR count). The Bertz CT molecular complexity index is 975. The maximum absolute atomic E-state index is 5.92. The molecule has 158 valence electrons. The molecule has 2 atom stereocenters. The van der Waals surface area contributed by atoms with Crippen molar-refractivity contribution in [2.75, 3.05) is 25.0 Å². The molecule has 1 aliphatic carbocycles. The van der Waals surface area contributed by atoms with Crippen molar-refractivity contribution in [1.29, 1.82) is 0 Å². The number of piperazine rings is 1. The Morgan fingerprint density at radius 2 is 2.07 bits per heavy atom. The highest BCUT2D eigenvalue weighted by atomic mass is 15.3. The largest absolute Gasteiger partial charge is 0.404 e. The van der Waals surface area contributed by atoms with E-state index in [4.69, 9.17) is 15.7 Å². The zero-order valence-electron chi connectivity index (χ0n) is 18.0. The number of aliphatic imine (C=N–C) groups is 1. The summed E-state index contributed by atoms with van der Waals surface area (Å²) in [5, 5.41) is 0. The Morgan fingerprint density at radius 3 is 2.77 bits per heavy atom. The van der Waals surface area contributed by atoms with Crippen molar-refractivity contribution in [2.45, 2.75) is 57.2 Å². The molecule has 1 saturated carbocycles. The fourth-order valence-corrected chi connectivity index (χ4v) is 5.35. The van der Waals surface area contributed by atoms with Crippen LogP contribution < -0.4 is 10.6 Å². The summed E-state index contributed by atoms with van der Waals surface area (Å²) in [5.41, 5.74) is 10.6. The fourth-order valence-electron chi connectivity index (χ4n) is 5.35. The number of rotatable bonds is 6. The molecule has 2 aliphatic heterocycles. The predicted octanol–water partition coefficient (Wildman–Crippen LogP) is 3.47. The monoisotopic (exact) mass is 404 g/mol. The molecule has 2 unspecified atom stereocenters. The average Bonchev–Trinajstić information content (AvgIpc) is 3.31. The number of fused-ring (bicyclic) bond motifs is 3. The van der Waals surface area contributed by atoms with Gasteiger partial charge in [-0.2, -0.15) is 0 Å². The summed E-state index contributed by atoms with van der Waals surface area (Å²) < 4.78 is 0. The lowest BCUT2D eigenvalue weighted by Crippen LogP contribution is -2.44. The Kier molecular flexibility index (Phi) is 5.19. The van der Waals surface area contributed by atoms with Crippen LogP contribution in [-0.2, 0) is 0 Å². The van der Waals surface area contributed by atoms with Crippen LogP contribution in [0.15, 0.2) is 35.6 Å². The fraction of sp³-hybridized carbons (Fsp3) is 0.542. The van der Waals surface area contributed by atoms with Crippen molar-refractivity contribution < 1.29 is 0 Å². The Morgan fingerprint density at radius 1 is 1.20 bits per heavy atom. The lowest BCUT2D eigenvalue weighted by molar-refractivity contribution is 0.250. The zero-order valence-corrected chi connectivity index (χ0v) is 18.0. The molecule has 3 heterocycles. The third-order valence-electron chi connectivity index (χ3n) is 7.18. The molecule has 2 bridgehead atoms. The second-order valence-electron chi connectivity index (χ2n) is 9.24. The van der Waals surface area contributed by atoms with E-state index in [0.717, 1.165) is 41.3 Å². The first kappa shape index (κ1) is 19.5. The van der Waals surface area contributed by atoms with E-state index in [2.05, 4.69) is 47.0 Å². The SMILES string of the molecule is CCCC1CC(N=CC(=CN)c2cnc3ccc(N4CC5CC4CN5C)cc3n2)C1. The standard InChI is InChI=1S/C24H32N6/c1-3-4-16-7-18(8-16)26-12-17(11-25)24-13-27-22-6-5-19(10-23(22)28-24)30-15-20-9-21(30)14-29(20)2/h5-6,10-13,16,18,20-21H,3-4,7-9,14-15,25H2,1-2H3. The van der Waals surface area contributed by atoms with Crippen molar-refractivity contribution in [2.24, 2.45) is 16.6 Å². The van der Waals surface area contributed by atoms with Crippen LogP contribution in [0.1, 0.15) is 44.7 Å². The maximum atomic E-state index is 5.92. The smallest absolute Gasteiger partial charge is 0.0922 e. The summed E-state index contributed by atoms with van der Waals surface area (Å²) in [6.07, 6.45) is 11.5. The summed E-state index contributed by atoms with van der Waals surface area (Å²) in [5.74, 6) is 0.849. The van der Waals surface area contributed by atoms with Gasteiger partial charge in [-0.25, -0.2) is 4.98 Å². The molecule has 3 aliphatic rings. The Labute approximate surface area is 178 Å². The first-order valence-electron chi connectivity index (χ1n) is 11.3. The van der Waals surface area contributed by atoms with Gasteiger partial charge >= 0.3 is 0 Å². The summed E-state index contributed by atoms with van der Waals surface area (Å²) in [6, 6.07) is 8.16. The first-order chi connectivity index (χ1) is 14.6. The van der Waals surface area contributed by atoms with E-state index < -0.39 is 0 Å². The normalized spacial score (nSPS) is 29.3. The molecule has 1 aromatic heterocycles. The van der Waals surface area contributed by atoms with Crippen LogP contribution in [0.3, 0.4) is 0 Å². The lowest BCUT2D eigenvalue weighted by atomic mass is 9.78. The minimum atomic E-state index is 0.431. The quantitative estimate of drug-likeness (QED) is 0.747. The molecule has 2 saturated heterocycles. The van der Waals surface area contributed by atoms with Gasteiger partial charge < -0.3 is 10.6 Å².